The normalized spacial score (nSPS) is 28.8. The van der Waals surface area contributed by atoms with Crippen LogP contribution >= 0.6 is 15.9 Å². The van der Waals surface area contributed by atoms with Gasteiger partial charge >= 0.3 is 6.03 Å². The van der Waals surface area contributed by atoms with Crippen molar-refractivity contribution in [3.05, 3.63) is 28.2 Å². The topological polar surface area (TPSA) is 41.6 Å². The van der Waals surface area contributed by atoms with Crippen LogP contribution in [0.3, 0.4) is 0 Å². The van der Waals surface area contributed by atoms with Crippen LogP contribution < -0.4 is 10.1 Å². The lowest BCUT2D eigenvalue weighted by Crippen LogP contribution is -2.66. The summed E-state index contributed by atoms with van der Waals surface area (Å²) in [6.07, 6.45) is 0.764. The summed E-state index contributed by atoms with van der Waals surface area (Å²) in [5.74, 6) is 0.854. The van der Waals surface area contributed by atoms with E-state index in [-0.39, 0.29) is 18.1 Å². The second-order valence-corrected chi connectivity index (χ2v) is 6.54. The van der Waals surface area contributed by atoms with Gasteiger partial charge in [0, 0.05) is 22.5 Å². The maximum absolute atomic E-state index is 12.3. The highest BCUT2D eigenvalue weighted by Crippen LogP contribution is 2.45. The second kappa shape index (κ2) is 4.13. The van der Waals surface area contributed by atoms with Crippen molar-refractivity contribution in [3.8, 4) is 5.75 Å². The number of hydrogen-bond acceptors (Lipinski definition) is 2. The first-order valence-corrected chi connectivity index (χ1v) is 7.28. The fourth-order valence-corrected chi connectivity index (χ4v) is 3.52. The van der Waals surface area contributed by atoms with Crippen molar-refractivity contribution in [3.63, 3.8) is 0 Å². The number of halogens is 1. The van der Waals surface area contributed by atoms with Crippen molar-refractivity contribution < 1.29 is 9.53 Å². The first kappa shape index (κ1) is 12.8. The molecule has 2 aliphatic rings. The van der Waals surface area contributed by atoms with Gasteiger partial charge in [-0.05, 0) is 39.0 Å². The zero-order chi connectivity index (χ0) is 13.8. The molecule has 3 rings (SSSR count). The molecule has 1 aromatic carbocycles. The second-order valence-electron chi connectivity index (χ2n) is 5.63. The lowest BCUT2D eigenvalue weighted by molar-refractivity contribution is -0.0963. The predicted molar refractivity (Wildman–Crippen MR) is 76.0 cm³/mol. The summed E-state index contributed by atoms with van der Waals surface area (Å²) in [6.45, 7) is 6.00. The van der Waals surface area contributed by atoms with Crippen LogP contribution in [0.5, 0.6) is 5.75 Å². The molecule has 102 valence electrons. The number of amides is 2. The number of carbonyl (C=O) groups is 1. The van der Waals surface area contributed by atoms with Gasteiger partial charge in [0.05, 0.1) is 6.04 Å². The molecule has 2 bridgehead atoms. The van der Waals surface area contributed by atoms with E-state index in [2.05, 4.69) is 21.2 Å². The highest BCUT2D eigenvalue weighted by Gasteiger charge is 2.49. The van der Waals surface area contributed by atoms with E-state index in [9.17, 15) is 4.79 Å². The molecule has 0 aliphatic carbocycles. The van der Waals surface area contributed by atoms with E-state index in [0.717, 1.165) is 22.2 Å². The van der Waals surface area contributed by atoms with Crippen molar-refractivity contribution in [2.75, 3.05) is 0 Å². The molecule has 1 N–H and O–H groups in total. The third kappa shape index (κ3) is 1.91. The maximum Gasteiger partial charge on any atom is 0.321 e. The van der Waals surface area contributed by atoms with Gasteiger partial charge in [0.25, 0.3) is 0 Å². The Hall–Kier alpha value is -1.23. The van der Waals surface area contributed by atoms with Crippen molar-refractivity contribution in [2.24, 2.45) is 0 Å². The third-order valence-corrected chi connectivity index (χ3v) is 4.30. The van der Waals surface area contributed by atoms with Crippen molar-refractivity contribution in [1.29, 1.82) is 0 Å². The van der Waals surface area contributed by atoms with E-state index in [1.165, 1.54) is 0 Å². The molecule has 2 atom stereocenters. The van der Waals surface area contributed by atoms with Gasteiger partial charge in [-0.3, -0.25) is 4.90 Å². The highest BCUT2D eigenvalue weighted by molar-refractivity contribution is 9.10. The van der Waals surface area contributed by atoms with E-state index in [0.29, 0.717) is 0 Å². The number of nitrogens with one attached hydrogen (secondary N) is 1. The van der Waals surface area contributed by atoms with E-state index in [4.69, 9.17) is 4.74 Å². The van der Waals surface area contributed by atoms with Gasteiger partial charge in [-0.25, -0.2) is 4.79 Å². The van der Waals surface area contributed by atoms with Crippen LogP contribution in [0, 0.1) is 0 Å². The van der Waals surface area contributed by atoms with Crippen LogP contribution in [0.15, 0.2) is 22.7 Å². The molecular formula is C14H17BrN2O2. The summed E-state index contributed by atoms with van der Waals surface area (Å²) in [6, 6.07) is 6.01. The molecule has 19 heavy (non-hydrogen) atoms. The Bertz CT molecular complexity index is 546. The standard InChI is InChI=1S/C14H17BrN2O2/c1-8(2)17-13(18)16-11-7-14(17,3)19-12-5-4-9(15)6-10(11)12/h4-6,8,11H,7H2,1-3H3,(H,16,18). The summed E-state index contributed by atoms with van der Waals surface area (Å²) in [4.78, 5) is 14.1. The Morgan fingerprint density at radius 1 is 1.53 bits per heavy atom. The van der Waals surface area contributed by atoms with E-state index < -0.39 is 5.72 Å². The van der Waals surface area contributed by atoms with E-state index in [1.807, 2.05) is 39.0 Å². The predicted octanol–water partition coefficient (Wildman–Crippen LogP) is 3.42. The SMILES string of the molecule is CC(C)N1C(=O)NC2CC1(C)Oc1ccc(Br)cc12. The van der Waals surface area contributed by atoms with Crippen LogP contribution in [0.1, 0.15) is 38.8 Å². The van der Waals surface area contributed by atoms with Gasteiger partial charge in [-0.15, -0.1) is 0 Å². The van der Waals surface area contributed by atoms with Crippen LogP contribution in [0.25, 0.3) is 0 Å². The van der Waals surface area contributed by atoms with Gasteiger partial charge in [0.1, 0.15) is 5.75 Å². The molecule has 1 fully saturated rings. The summed E-state index contributed by atoms with van der Waals surface area (Å²) in [7, 11) is 0. The number of carbonyl (C=O) groups excluding carboxylic acids is 1. The fraction of sp³-hybridized carbons (Fsp3) is 0.500. The van der Waals surface area contributed by atoms with Crippen LogP contribution in [0.2, 0.25) is 0 Å². The maximum atomic E-state index is 12.3. The summed E-state index contributed by atoms with van der Waals surface area (Å²) in [5, 5.41) is 3.07. The zero-order valence-corrected chi connectivity index (χ0v) is 12.8. The first-order valence-electron chi connectivity index (χ1n) is 6.49. The van der Waals surface area contributed by atoms with Crippen molar-refractivity contribution >= 4 is 22.0 Å². The molecule has 2 unspecified atom stereocenters. The smallest absolute Gasteiger partial charge is 0.321 e. The first-order chi connectivity index (χ1) is 8.90. The van der Waals surface area contributed by atoms with E-state index in [1.54, 1.807) is 4.90 Å². The molecule has 0 saturated carbocycles. The highest BCUT2D eigenvalue weighted by atomic mass is 79.9. The van der Waals surface area contributed by atoms with Gasteiger partial charge in [-0.2, -0.15) is 0 Å². The summed E-state index contributed by atoms with van der Waals surface area (Å²) >= 11 is 3.47. The monoisotopic (exact) mass is 324 g/mol. The van der Waals surface area contributed by atoms with Crippen LogP contribution in [-0.2, 0) is 0 Å². The average Bonchev–Trinajstić information content (AvgIpc) is 2.28. The largest absolute Gasteiger partial charge is 0.468 e. The summed E-state index contributed by atoms with van der Waals surface area (Å²) in [5.41, 5.74) is 0.478. The average molecular weight is 325 g/mol. The molecule has 2 amide bonds. The number of nitrogens with zero attached hydrogens (tertiary/aromatic N) is 1. The molecular weight excluding hydrogens is 308 g/mol. The van der Waals surface area contributed by atoms with Crippen LogP contribution in [-0.4, -0.2) is 22.7 Å². The number of urea groups is 1. The minimum atomic E-state index is -0.567. The van der Waals surface area contributed by atoms with Crippen LogP contribution in [0.4, 0.5) is 4.79 Å². The molecule has 0 spiro atoms. The summed E-state index contributed by atoms with van der Waals surface area (Å²) < 4.78 is 7.13. The quantitative estimate of drug-likeness (QED) is 0.859. The molecule has 2 aliphatic heterocycles. The zero-order valence-electron chi connectivity index (χ0n) is 11.2. The Morgan fingerprint density at radius 3 is 2.95 bits per heavy atom. The number of fused-ring (bicyclic) bond motifs is 4. The van der Waals surface area contributed by atoms with Gasteiger partial charge in [-0.1, -0.05) is 15.9 Å². The van der Waals surface area contributed by atoms with Crippen molar-refractivity contribution in [2.45, 2.75) is 45.0 Å². The van der Waals surface area contributed by atoms with Gasteiger partial charge in [0.2, 0.25) is 0 Å². The molecule has 2 heterocycles. The van der Waals surface area contributed by atoms with Crippen molar-refractivity contribution in [1.82, 2.24) is 10.2 Å². The molecule has 0 aromatic heterocycles. The number of rotatable bonds is 1. The lowest BCUT2D eigenvalue weighted by Gasteiger charge is -2.52. The Morgan fingerprint density at radius 2 is 2.26 bits per heavy atom. The number of benzene rings is 1. The number of hydrogen-bond donors (Lipinski definition) is 1. The molecule has 0 radical (unpaired) electrons. The number of ether oxygens (including phenoxy) is 1. The Kier molecular flexibility index (Phi) is 2.78. The third-order valence-electron chi connectivity index (χ3n) is 3.80. The molecule has 1 saturated heterocycles. The minimum Gasteiger partial charge on any atom is -0.468 e. The van der Waals surface area contributed by atoms with E-state index >= 15 is 0 Å². The fourth-order valence-electron chi connectivity index (χ4n) is 3.14. The minimum absolute atomic E-state index is 0.0220. The Labute approximate surface area is 121 Å². The molecule has 4 nitrogen and oxygen atoms in total. The Balaban J connectivity index is 2.08. The molecule has 1 aromatic rings. The molecule has 5 heteroatoms. The van der Waals surface area contributed by atoms with Gasteiger partial charge in [0.15, 0.2) is 5.72 Å². The van der Waals surface area contributed by atoms with Gasteiger partial charge < -0.3 is 10.1 Å². The lowest BCUT2D eigenvalue weighted by atomic mass is 9.90.